The van der Waals surface area contributed by atoms with Gasteiger partial charge >= 0.3 is 29.2 Å². The molecule has 1 aromatic rings. The number of H-pyrrole nitrogens is 1. The first-order valence-electron chi connectivity index (χ1n) is 8.11. The van der Waals surface area contributed by atoms with E-state index in [2.05, 4.69) is 13.1 Å². The second-order valence-corrected chi connectivity index (χ2v) is 10.6. The molecule has 16 nitrogen and oxygen atoms in total. The van der Waals surface area contributed by atoms with Gasteiger partial charge in [0.05, 0.1) is 6.61 Å². The number of nitrogens with zero attached hydrogens (tertiary/aromatic N) is 1. The zero-order valence-corrected chi connectivity index (χ0v) is 18.1. The monoisotopic (exact) mass is 514 g/mol. The minimum Gasteiger partial charge on any atom is -0.387 e. The van der Waals surface area contributed by atoms with Gasteiger partial charge in [0.25, 0.3) is 5.56 Å². The molecule has 20 heteroatoms. The van der Waals surface area contributed by atoms with Gasteiger partial charge in [-0.25, -0.2) is 22.9 Å². The fourth-order valence-corrected chi connectivity index (χ4v) is 5.74. The predicted octanol–water partition coefficient (Wildman–Crippen LogP) is -0.744. The number of aliphatic hydroxyl groups is 1. The third-order valence-corrected chi connectivity index (χ3v) is 7.86. The molecule has 1 aliphatic heterocycles. The number of halogens is 1. The van der Waals surface area contributed by atoms with Gasteiger partial charge in [-0.2, -0.15) is 8.62 Å². The van der Waals surface area contributed by atoms with Gasteiger partial charge in [-0.05, 0) is 6.42 Å². The Morgan fingerprint density at radius 2 is 1.81 bits per heavy atom. The standard InChI is InChI=1S/C11H18FN2O14P3/c1-2-11(5-25-30(21,22)28-31(23,24)27-29(18,19)20)8(16)7(12)9(26-11)14-4-3-6(15)13-10(14)17/h3-4,7-9,16H,2,5H2,1H3,(H,21,22)(H,23,24)(H,13,15,17)(H2,18,19,20)/t7-,8+,9-,11-/m1/s1. The number of phosphoric acid groups is 3. The van der Waals surface area contributed by atoms with Crippen LogP contribution in [0.15, 0.2) is 21.9 Å². The van der Waals surface area contributed by atoms with E-state index in [1.165, 1.54) is 6.92 Å². The first kappa shape index (κ1) is 26.2. The number of hydrogen-bond donors (Lipinski definition) is 6. The highest BCUT2D eigenvalue weighted by molar-refractivity contribution is 7.66. The number of aromatic nitrogens is 2. The van der Waals surface area contributed by atoms with Gasteiger partial charge in [0.2, 0.25) is 0 Å². The minimum absolute atomic E-state index is 0.279. The predicted molar refractivity (Wildman–Crippen MR) is 95.2 cm³/mol. The summed E-state index contributed by atoms with van der Waals surface area (Å²) in [5.41, 5.74) is -3.94. The van der Waals surface area contributed by atoms with Crippen molar-refractivity contribution in [2.45, 2.75) is 37.4 Å². The normalized spacial score (nSPS) is 30.6. The van der Waals surface area contributed by atoms with E-state index in [9.17, 15) is 37.7 Å². The van der Waals surface area contributed by atoms with E-state index in [0.29, 0.717) is 4.57 Å². The molecule has 1 aromatic heterocycles. The van der Waals surface area contributed by atoms with Gasteiger partial charge in [-0.1, -0.05) is 6.92 Å². The Kier molecular flexibility index (Phi) is 7.65. The smallest absolute Gasteiger partial charge is 0.387 e. The molecule has 6 N–H and O–H groups in total. The number of rotatable bonds is 9. The molecule has 2 unspecified atom stereocenters. The molecule has 2 rings (SSSR count). The molecule has 0 amide bonds. The number of aromatic amines is 1. The molecule has 2 heterocycles. The zero-order valence-electron chi connectivity index (χ0n) is 15.4. The summed E-state index contributed by atoms with van der Waals surface area (Å²) in [5, 5.41) is 10.3. The third kappa shape index (κ3) is 6.48. The summed E-state index contributed by atoms with van der Waals surface area (Å²) in [6.45, 7) is 0.206. The van der Waals surface area contributed by atoms with E-state index in [1.807, 2.05) is 4.98 Å². The van der Waals surface area contributed by atoms with Crippen LogP contribution in [0.1, 0.15) is 19.6 Å². The highest BCUT2D eigenvalue weighted by Crippen LogP contribution is 2.66. The summed E-state index contributed by atoms with van der Waals surface area (Å²) >= 11 is 0. The van der Waals surface area contributed by atoms with E-state index >= 15 is 0 Å². The molecular weight excluding hydrogens is 496 g/mol. The fraction of sp³-hybridized carbons (Fsp3) is 0.636. The van der Waals surface area contributed by atoms with Crippen LogP contribution >= 0.6 is 23.5 Å². The molecule has 6 atom stereocenters. The Morgan fingerprint density at radius 1 is 1.19 bits per heavy atom. The van der Waals surface area contributed by atoms with Crippen molar-refractivity contribution in [2.24, 2.45) is 0 Å². The molecule has 178 valence electrons. The Morgan fingerprint density at radius 3 is 2.32 bits per heavy atom. The second kappa shape index (κ2) is 9.06. The number of aliphatic hydroxyl groups excluding tert-OH is 1. The summed E-state index contributed by atoms with van der Waals surface area (Å²) in [4.78, 5) is 60.5. The van der Waals surface area contributed by atoms with Crippen molar-refractivity contribution in [3.8, 4) is 0 Å². The summed E-state index contributed by atoms with van der Waals surface area (Å²) in [5.74, 6) is 0. The summed E-state index contributed by atoms with van der Waals surface area (Å²) in [7, 11) is -17.0. The Balaban J connectivity index is 2.21. The van der Waals surface area contributed by atoms with Crippen molar-refractivity contribution in [3.63, 3.8) is 0 Å². The lowest BCUT2D eigenvalue weighted by molar-refractivity contribution is -0.128. The largest absolute Gasteiger partial charge is 0.490 e. The van der Waals surface area contributed by atoms with Crippen molar-refractivity contribution >= 4 is 23.5 Å². The van der Waals surface area contributed by atoms with Gasteiger partial charge in [0.1, 0.15) is 11.7 Å². The third-order valence-electron chi connectivity index (χ3n) is 4.08. The molecule has 0 radical (unpaired) electrons. The van der Waals surface area contributed by atoms with Crippen LogP contribution < -0.4 is 11.2 Å². The molecule has 0 spiro atoms. The van der Waals surface area contributed by atoms with Crippen molar-refractivity contribution in [1.82, 2.24) is 9.55 Å². The minimum atomic E-state index is -5.78. The fourth-order valence-electron chi connectivity index (χ4n) is 2.67. The molecule has 1 saturated heterocycles. The number of hydrogen-bond acceptors (Lipinski definition) is 10. The lowest BCUT2D eigenvalue weighted by Crippen LogP contribution is -2.45. The molecule has 0 saturated carbocycles. The summed E-state index contributed by atoms with van der Waals surface area (Å²) in [6, 6.07) is 0.877. The van der Waals surface area contributed by atoms with E-state index < -0.39 is 65.4 Å². The molecule has 31 heavy (non-hydrogen) atoms. The van der Waals surface area contributed by atoms with E-state index in [0.717, 1.165) is 12.3 Å². The van der Waals surface area contributed by atoms with E-state index in [1.54, 1.807) is 0 Å². The summed E-state index contributed by atoms with van der Waals surface area (Å²) in [6.07, 6.45) is -5.51. The van der Waals surface area contributed by atoms with Gasteiger partial charge in [-0.3, -0.25) is 18.9 Å². The SMILES string of the molecule is CC[C@]1(COP(=O)(O)OP(=O)(O)OP(=O)(O)O)O[C@@H](n2ccc(=O)[nH]c2=O)[C@H](F)[C@@H]1O. The summed E-state index contributed by atoms with van der Waals surface area (Å²) < 4.78 is 66.0. The van der Waals surface area contributed by atoms with Crippen molar-refractivity contribution in [2.75, 3.05) is 6.61 Å². The lowest BCUT2D eigenvalue weighted by atomic mass is 9.94. The average molecular weight is 514 g/mol. The van der Waals surface area contributed by atoms with Gasteiger partial charge in [0.15, 0.2) is 12.4 Å². The highest BCUT2D eigenvalue weighted by Gasteiger charge is 2.56. The molecule has 1 aliphatic rings. The first-order valence-corrected chi connectivity index (χ1v) is 12.6. The number of alkyl halides is 1. The number of ether oxygens (including phenoxy) is 1. The number of phosphoric ester groups is 1. The van der Waals surface area contributed by atoms with Crippen LogP contribution in [0, 0.1) is 0 Å². The van der Waals surface area contributed by atoms with Crippen molar-refractivity contribution in [3.05, 3.63) is 33.1 Å². The van der Waals surface area contributed by atoms with E-state index in [-0.39, 0.29) is 6.42 Å². The Bertz CT molecular complexity index is 1070. The Hall–Kier alpha value is -1.06. The van der Waals surface area contributed by atoms with Crippen LogP contribution in [0.4, 0.5) is 4.39 Å². The van der Waals surface area contributed by atoms with Crippen LogP contribution in [-0.4, -0.2) is 58.7 Å². The van der Waals surface area contributed by atoms with Crippen LogP contribution in [0.3, 0.4) is 0 Å². The maximum atomic E-state index is 14.7. The van der Waals surface area contributed by atoms with Crippen molar-refractivity contribution < 1.29 is 60.6 Å². The number of nitrogens with one attached hydrogen (secondary N) is 1. The van der Waals surface area contributed by atoms with Crippen molar-refractivity contribution in [1.29, 1.82) is 0 Å². The Labute approximate surface area is 171 Å². The molecule has 0 bridgehead atoms. The quantitative estimate of drug-likeness (QED) is 0.222. The second-order valence-electron chi connectivity index (χ2n) is 6.20. The highest BCUT2D eigenvalue weighted by atomic mass is 31.3. The topological polar surface area (TPSA) is 244 Å². The van der Waals surface area contributed by atoms with Gasteiger partial charge < -0.3 is 29.4 Å². The zero-order chi connectivity index (χ0) is 23.8. The molecular formula is C11H18FN2O14P3. The van der Waals surface area contributed by atoms with Gasteiger partial charge in [-0.15, -0.1) is 0 Å². The maximum Gasteiger partial charge on any atom is 0.490 e. The van der Waals surface area contributed by atoms with Gasteiger partial charge in [0, 0.05) is 12.3 Å². The molecule has 0 aliphatic carbocycles. The van der Waals surface area contributed by atoms with E-state index in [4.69, 9.17) is 19.4 Å². The van der Waals surface area contributed by atoms with Crippen LogP contribution in [0.5, 0.6) is 0 Å². The molecule has 1 fully saturated rings. The lowest BCUT2D eigenvalue weighted by Gasteiger charge is -2.30. The van der Waals surface area contributed by atoms with Crippen LogP contribution in [0.2, 0.25) is 0 Å². The molecule has 0 aromatic carbocycles. The van der Waals surface area contributed by atoms with Crippen LogP contribution in [-0.2, 0) is 31.6 Å². The first-order chi connectivity index (χ1) is 14.0. The average Bonchev–Trinajstić information content (AvgIpc) is 2.82. The van der Waals surface area contributed by atoms with Crippen LogP contribution in [0.25, 0.3) is 0 Å². The maximum absolute atomic E-state index is 14.7.